The number of carbonyl (C=O) groups is 1. The smallest absolute Gasteiger partial charge is 0.354 e. The van der Waals surface area contributed by atoms with Crippen molar-refractivity contribution in [3.63, 3.8) is 0 Å². The largest absolute Gasteiger partial charge is 0.497 e. The SMILES string of the molecule is CCN(CC)c1ccc(Nc2cc(C(=O)O)nc(N3CCN(c4ccc(OC)cc4)C(C)(C)C3)n2)c(C)c1. The Hall–Kier alpha value is -4.01. The fraction of sp³-hybridized carbons (Fsp3) is 0.414. The van der Waals surface area contributed by atoms with Crippen LogP contribution in [0, 0.1) is 6.92 Å². The number of rotatable bonds is 9. The summed E-state index contributed by atoms with van der Waals surface area (Å²) < 4.78 is 5.30. The molecule has 38 heavy (non-hydrogen) atoms. The molecule has 1 aliphatic rings. The van der Waals surface area contributed by atoms with Crippen LogP contribution >= 0.6 is 0 Å². The summed E-state index contributed by atoms with van der Waals surface area (Å²) in [6.07, 6.45) is 0. The highest BCUT2D eigenvalue weighted by Crippen LogP contribution is 2.32. The number of aromatic nitrogens is 2. The Morgan fingerprint density at radius 2 is 1.79 bits per heavy atom. The highest BCUT2D eigenvalue weighted by atomic mass is 16.5. The molecule has 1 aliphatic heterocycles. The van der Waals surface area contributed by atoms with Crippen LogP contribution in [0.15, 0.2) is 48.5 Å². The topological polar surface area (TPSA) is 94.1 Å². The van der Waals surface area contributed by atoms with Crippen LogP contribution in [0.5, 0.6) is 5.75 Å². The summed E-state index contributed by atoms with van der Waals surface area (Å²) in [5, 5.41) is 13.1. The number of aryl methyl sites for hydroxylation is 1. The number of benzene rings is 2. The number of nitrogens with zero attached hydrogens (tertiary/aromatic N) is 5. The van der Waals surface area contributed by atoms with E-state index in [1.807, 2.05) is 25.1 Å². The van der Waals surface area contributed by atoms with Crippen molar-refractivity contribution in [1.82, 2.24) is 9.97 Å². The molecule has 3 aromatic rings. The molecule has 0 unspecified atom stereocenters. The van der Waals surface area contributed by atoms with Crippen LogP contribution in [0.2, 0.25) is 0 Å². The second kappa shape index (κ2) is 11.2. The maximum absolute atomic E-state index is 11.9. The maximum atomic E-state index is 11.9. The lowest BCUT2D eigenvalue weighted by Crippen LogP contribution is -2.60. The van der Waals surface area contributed by atoms with Gasteiger partial charge in [-0.25, -0.2) is 9.78 Å². The third kappa shape index (κ3) is 5.77. The molecule has 0 aliphatic carbocycles. The average molecular weight is 519 g/mol. The fourth-order valence-corrected chi connectivity index (χ4v) is 5.03. The quantitative estimate of drug-likeness (QED) is 0.397. The van der Waals surface area contributed by atoms with E-state index >= 15 is 0 Å². The highest BCUT2D eigenvalue weighted by Gasteiger charge is 2.35. The normalized spacial score (nSPS) is 14.8. The van der Waals surface area contributed by atoms with E-state index in [1.165, 1.54) is 6.07 Å². The minimum Gasteiger partial charge on any atom is -0.497 e. The van der Waals surface area contributed by atoms with Gasteiger partial charge in [0.05, 0.1) is 12.6 Å². The number of hydrogen-bond acceptors (Lipinski definition) is 8. The molecule has 2 aromatic carbocycles. The molecular weight excluding hydrogens is 480 g/mol. The molecule has 9 nitrogen and oxygen atoms in total. The Labute approximate surface area is 225 Å². The lowest BCUT2D eigenvalue weighted by Gasteiger charge is -2.48. The van der Waals surface area contributed by atoms with Crippen molar-refractivity contribution in [2.45, 2.75) is 40.2 Å². The van der Waals surface area contributed by atoms with E-state index in [2.05, 4.69) is 77.0 Å². The fourth-order valence-electron chi connectivity index (χ4n) is 5.03. The summed E-state index contributed by atoms with van der Waals surface area (Å²) in [5.41, 5.74) is 3.93. The number of ether oxygens (including phenoxy) is 1. The number of aromatic carboxylic acids is 1. The van der Waals surface area contributed by atoms with Gasteiger partial charge < -0.3 is 29.9 Å². The number of piperazine rings is 1. The van der Waals surface area contributed by atoms with Gasteiger partial charge in [0.2, 0.25) is 5.95 Å². The highest BCUT2D eigenvalue weighted by molar-refractivity contribution is 5.87. The average Bonchev–Trinajstić information content (AvgIpc) is 2.90. The molecule has 1 saturated heterocycles. The van der Waals surface area contributed by atoms with Gasteiger partial charge in [-0.15, -0.1) is 0 Å². The Balaban J connectivity index is 1.58. The lowest BCUT2D eigenvalue weighted by molar-refractivity contribution is 0.0690. The van der Waals surface area contributed by atoms with E-state index in [0.29, 0.717) is 24.9 Å². The van der Waals surface area contributed by atoms with Crippen LogP contribution in [0.1, 0.15) is 43.7 Å². The van der Waals surface area contributed by atoms with E-state index < -0.39 is 5.97 Å². The minimum absolute atomic E-state index is 0.0368. The Bertz CT molecular complexity index is 1270. The van der Waals surface area contributed by atoms with Crippen molar-refractivity contribution >= 4 is 34.8 Å². The molecule has 1 aromatic heterocycles. The molecule has 0 saturated carbocycles. The predicted octanol–water partition coefficient (Wildman–Crippen LogP) is 5.19. The van der Waals surface area contributed by atoms with Gasteiger partial charge in [-0.2, -0.15) is 4.98 Å². The van der Waals surface area contributed by atoms with Crippen molar-refractivity contribution in [2.75, 3.05) is 59.9 Å². The van der Waals surface area contributed by atoms with Crippen LogP contribution in [-0.2, 0) is 0 Å². The van der Waals surface area contributed by atoms with Crippen molar-refractivity contribution in [3.05, 3.63) is 59.8 Å². The molecule has 2 heterocycles. The molecule has 1 fully saturated rings. The summed E-state index contributed by atoms with van der Waals surface area (Å²) in [5.74, 6) is 0.609. The van der Waals surface area contributed by atoms with Gasteiger partial charge in [0.15, 0.2) is 5.69 Å². The Morgan fingerprint density at radius 1 is 1.08 bits per heavy atom. The van der Waals surface area contributed by atoms with Gasteiger partial charge in [0.1, 0.15) is 11.6 Å². The molecule has 202 valence electrons. The summed E-state index contributed by atoms with van der Waals surface area (Å²) >= 11 is 0. The zero-order valence-corrected chi connectivity index (χ0v) is 23.2. The van der Waals surface area contributed by atoms with Gasteiger partial charge in [0, 0.05) is 55.9 Å². The summed E-state index contributed by atoms with van der Waals surface area (Å²) in [6.45, 7) is 14.6. The van der Waals surface area contributed by atoms with E-state index in [1.54, 1.807) is 7.11 Å². The van der Waals surface area contributed by atoms with Gasteiger partial charge >= 0.3 is 5.97 Å². The number of hydrogen-bond donors (Lipinski definition) is 2. The van der Waals surface area contributed by atoms with Crippen LogP contribution in [0.25, 0.3) is 0 Å². The third-order valence-corrected chi connectivity index (χ3v) is 7.10. The van der Waals surface area contributed by atoms with Crippen molar-refractivity contribution in [3.8, 4) is 5.75 Å². The standard InChI is InChI=1S/C29H38N6O3/c1-7-33(8-2)22-11-14-24(20(3)17-22)30-26-18-25(27(36)37)31-28(32-26)34-15-16-35(29(4,5)19-34)21-9-12-23(38-6)13-10-21/h9-14,17-18H,7-8,15-16,19H2,1-6H3,(H,36,37)(H,30,31,32). The van der Waals surface area contributed by atoms with Crippen LogP contribution in [0.3, 0.4) is 0 Å². The molecule has 4 rings (SSSR count). The van der Waals surface area contributed by atoms with Gasteiger partial charge in [-0.05, 0) is 82.6 Å². The first-order chi connectivity index (χ1) is 18.1. The molecule has 9 heteroatoms. The predicted molar refractivity (Wildman–Crippen MR) is 154 cm³/mol. The number of nitrogens with one attached hydrogen (secondary N) is 1. The third-order valence-electron chi connectivity index (χ3n) is 7.10. The second-order valence-corrected chi connectivity index (χ2v) is 10.1. The van der Waals surface area contributed by atoms with E-state index in [-0.39, 0.29) is 11.2 Å². The number of anilines is 5. The first kappa shape index (κ1) is 27.0. The number of methoxy groups -OCH3 is 1. The first-order valence-corrected chi connectivity index (χ1v) is 13.1. The second-order valence-electron chi connectivity index (χ2n) is 10.1. The summed E-state index contributed by atoms with van der Waals surface area (Å²) in [7, 11) is 1.66. The minimum atomic E-state index is -1.08. The van der Waals surface area contributed by atoms with Gasteiger partial charge in [0.25, 0.3) is 0 Å². The van der Waals surface area contributed by atoms with Crippen LogP contribution in [-0.4, -0.2) is 66.4 Å². The van der Waals surface area contributed by atoms with Crippen molar-refractivity contribution < 1.29 is 14.6 Å². The number of carboxylic acids is 1. The molecule has 0 bridgehead atoms. The Morgan fingerprint density at radius 3 is 2.37 bits per heavy atom. The zero-order chi connectivity index (χ0) is 27.4. The molecular formula is C29H38N6O3. The Kier molecular flexibility index (Phi) is 7.94. The lowest BCUT2D eigenvalue weighted by atomic mass is 9.98. The molecule has 0 spiro atoms. The van der Waals surface area contributed by atoms with Crippen molar-refractivity contribution in [2.24, 2.45) is 0 Å². The van der Waals surface area contributed by atoms with E-state index in [0.717, 1.165) is 48.0 Å². The summed E-state index contributed by atoms with van der Waals surface area (Å²) in [4.78, 5) is 27.8. The van der Waals surface area contributed by atoms with E-state index in [9.17, 15) is 9.90 Å². The zero-order valence-electron chi connectivity index (χ0n) is 23.2. The van der Waals surface area contributed by atoms with E-state index in [4.69, 9.17) is 9.72 Å². The summed E-state index contributed by atoms with van der Waals surface area (Å²) in [6, 6.07) is 15.8. The maximum Gasteiger partial charge on any atom is 0.354 e. The molecule has 0 radical (unpaired) electrons. The van der Waals surface area contributed by atoms with Gasteiger partial charge in [-0.1, -0.05) is 0 Å². The van der Waals surface area contributed by atoms with Crippen molar-refractivity contribution in [1.29, 1.82) is 0 Å². The number of carboxylic acid groups (broad SMARTS) is 1. The van der Waals surface area contributed by atoms with Crippen LogP contribution < -0.4 is 24.8 Å². The first-order valence-electron chi connectivity index (χ1n) is 13.1. The molecule has 0 atom stereocenters. The molecule has 2 N–H and O–H groups in total. The van der Waals surface area contributed by atoms with Gasteiger partial charge in [-0.3, -0.25) is 0 Å². The molecule has 0 amide bonds. The van der Waals surface area contributed by atoms with Crippen LogP contribution in [0.4, 0.5) is 28.8 Å². The monoisotopic (exact) mass is 518 g/mol.